The zero-order valence-corrected chi connectivity index (χ0v) is 22.1. The van der Waals surface area contributed by atoms with Gasteiger partial charge in [0, 0.05) is 26.6 Å². The van der Waals surface area contributed by atoms with Gasteiger partial charge < -0.3 is 19.3 Å². The number of benzene rings is 3. The van der Waals surface area contributed by atoms with E-state index in [2.05, 4.69) is 17.0 Å². The molecule has 1 aliphatic heterocycles. The van der Waals surface area contributed by atoms with Crippen LogP contribution in [0.15, 0.2) is 77.7 Å². The first-order chi connectivity index (χ1) is 17.4. The summed E-state index contributed by atoms with van der Waals surface area (Å²) in [6.07, 6.45) is -1.01. The lowest BCUT2D eigenvalue weighted by atomic mass is 10.1. The molecule has 188 valence electrons. The van der Waals surface area contributed by atoms with Crippen LogP contribution in [0.2, 0.25) is 5.02 Å². The van der Waals surface area contributed by atoms with Crippen molar-refractivity contribution in [2.24, 2.45) is 0 Å². The Hall–Kier alpha value is -3.00. The molecule has 1 amide bonds. The Bertz CT molecular complexity index is 1210. The number of hydrogen-bond acceptors (Lipinski definition) is 6. The number of anilines is 1. The van der Waals surface area contributed by atoms with Gasteiger partial charge in [0.1, 0.15) is 5.75 Å². The maximum absolute atomic E-state index is 14.0. The lowest BCUT2D eigenvalue weighted by Gasteiger charge is -2.29. The fourth-order valence-electron chi connectivity index (χ4n) is 4.22. The van der Waals surface area contributed by atoms with Crippen LogP contribution in [-0.2, 0) is 20.9 Å². The maximum Gasteiger partial charge on any atom is 0.303 e. The summed E-state index contributed by atoms with van der Waals surface area (Å²) < 4.78 is 11.0. The summed E-state index contributed by atoms with van der Waals surface area (Å²) in [5.41, 5.74) is 2.76. The van der Waals surface area contributed by atoms with Gasteiger partial charge in [-0.25, -0.2) is 0 Å². The van der Waals surface area contributed by atoms with Crippen molar-refractivity contribution in [1.29, 1.82) is 0 Å². The normalized spacial score (nSPS) is 17.5. The van der Waals surface area contributed by atoms with Crippen LogP contribution in [0.3, 0.4) is 0 Å². The minimum atomic E-state index is -1.01. The first-order valence-electron chi connectivity index (χ1n) is 11.7. The molecule has 1 heterocycles. The average molecular weight is 525 g/mol. The Balaban J connectivity index is 1.67. The molecule has 0 radical (unpaired) electrons. The summed E-state index contributed by atoms with van der Waals surface area (Å²) in [5.74, 6) is -0.0763. The average Bonchev–Trinajstić information content (AvgIpc) is 2.98. The number of thioether (sulfide) groups is 1. The predicted molar refractivity (Wildman–Crippen MR) is 144 cm³/mol. The molecule has 6 nitrogen and oxygen atoms in total. The number of amides is 1. The third kappa shape index (κ3) is 6.03. The van der Waals surface area contributed by atoms with Crippen molar-refractivity contribution in [3.05, 3.63) is 88.9 Å². The molecule has 36 heavy (non-hydrogen) atoms. The number of carbonyl (C=O) groups excluding carboxylic acids is 2. The molecule has 3 aromatic rings. The highest BCUT2D eigenvalue weighted by Gasteiger charge is 2.41. The second kappa shape index (κ2) is 11.8. The Morgan fingerprint density at radius 1 is 1.06 bits per heavy atom. The molecular weight excluding hydrogens is 496 g/mol. The van der Waals surface area contributed by atoms with Gasteiger partial charge in [0.15, 0.2) is 6.10 Å². The van der Waals surface area contributed by atoms with Crippen LogP contribution < -0.4 is 9.64 Å². The van der Waals surface area contributed by atoms with Gasteiger partial charge in [0.05, 0.1) is 28.0 Å². The van der Waals surface area contributed by atoms with E-state index in [0.717, 1.165) is 22.7 Å². The van der Waals surface area contributed by atoms with Crippen molar-refractivity contribution in [3.63, 3.8) is 0 Å². The molecule has 0 fully saturated rings. The van der Waals surface area contributed by atoms with Crippen molar-refractivity contribution in [2.45, 2.75) is 29.7 Å². The Labute approximate surface area is 221 Å². The van der Waals surface area contributed by atoms with E-state index in [4.69, 9.17) is 21.1 Å². The Morgan fingerprint density at radius 3 is 2.44 bits per heavy atom. The molecule has 0 aliphatic carbocycles. The van der Waals surface area contributed by atoms with Crippen LogP contribution in [0.25, 0.3) is 0 Å². The highest BCUT2D eigenvalue weighted by atomic mass is 35.5. The minimum absolute atomic E-state index is 0.271. The number of fused-ring (bicyclic) bond motifs is 1. The van der Waals surface area contributed by atoms with Crippen molar-refractivity contribution in [2.75, 3.05) is 32.1 Å². The molecule has 0 aromatic heterocycles. The summed E-state index contributed by atoms with van der Waals surface area (Å²) >= 11 is 8.09. The van der Waals surface area contributed by atoms with Crippen LogP contribution >= 0.6 is 23.4 Å². The van der Waals surface area contributed by atoms with Crippen LogP contribution in [0, 0.1) is 0 Å². The molecule has 0 N–H and O–H groups in total. The van der Waals surface area contributed by atoms with Crippen molar-refractivity contribution in [3.8, 4) is 5.75 Å². The first kappa shape index (κ1) is 26.1. The predicted octanol–water partition coefficient (Wildman–Crippen LogP) is 5.59. The first-order valence-corrected chi connectivity index (χ1v) is 12.9. The number of methoxy groups -OCH3 is 1. The molecular formula is C28H29ClN2O4S. The van der Waals surface area contributed by atoms with Gasteiger partial charge >= 0.3 is 5.97 Å². The molecule has 2 unspecified atom stereocenters. The van der Waals surface area contributed by atoms with E-state index in [1.54, 1.807) is 12.0 Å². The molecule has 2 atom stereocenters. The van der Waals surface area contributed by atoms with E-state index in [-0.39, 0.29) is 5.91 Å². The second-order valence-corrected chi connectivity index (χ2v) is 10.2. The van der Waals surface area contributed by atoms with Crippen molar-refractivity contribution in [1.82, 2.24) is 4.90 Å². The maximum atomic E-state index is 14.0. The second-order valence-electron chi connectivity index (χ2n) is 8.64. The number of halogens is 1. The lowest BCUT2D eigenvalue weighted by Crippen LogP contribution is -2.45. The summed E-state index contributed by atoms with van der Waals surface area (Å²) in [7, 11) is 3.62. The third-order valence-electron chi connectivity index (χ3n) is 6.00. The van der Waals surface area contributed by atoms with Crippen LogP contribution in [0.1, 0.15) is 23.3 Å². The van der Waals surface area contributed by atoms with Gasteiger partial charge in [0.2, 0.25) is 0 Å². The number of esters is 1. The Kier molecular flexibility index (Phi) is 8.56. The molecule has 3 aromatic carbocycles. The van der Waals surface area contributed by atoms with E-state index in [9.17, 15) is 9.59 Å². The van der Waals surface area contributed by atoms with E-state index in [1.807, 2.05) is 67.7 Å². The number of ether oxygens (including phenoxy) is 2. The standard InChI is InChI=1S/C28H29ClN2O4S/c1-19(32)35-25-26(21-12-14-22(34-3)15-13-21)36-27-23(29)10-7-11-24(27)31(28(25)33)17-16-30(2)18-20-8-5-4-6-9-20/h4-15,25-26H,16-18H2,1-3H3. The minimum Gasteiger partial charge on any atom is -0.497 e. The zero-order valence-electron chi connectivity index (χ0n) is 20.5. The van der Waals surface area contributed by atoms with Crippen LogP contribution in [0.5, 0.6) is 5.75 Å². The quantitative estimate of drug-likeness (QED) is 0.358. The fraction of sp³-hybridized carbons (Fsp3) is 0.286. The summed E-state index contributed by atoms with van der Waals surface area (Å²) in [4.78, 5) is 30.7. The van der Waals surface area contributed by atoms with Crippen molar-refractivity contribution < 1.29 is 19.1 Å². The molecule has 0 saturated carbocycles. The highest BCUT2D eigenvalue weighted by molar-refractivity contribution is 8.00. The van der Waals surface area contributed by atoms with Gasteiger partial charge in [-0.1, -0.05) is 60.1 Å². The van der Waals surface area contributed by atoms with Crippen molar-refractivity contribution >= 4 is 40.9 Å². The zero-order chi connectivity index (χ0) is 25.7. The number of rotatable bonds is 8. The van der Waals surface area contributed by atoms with Crippen LogP contribution in [-0.4, -0.2) is 50.1 Å². The van der Waals surface area contributed by atoms with Crippen LogP contribution in [0.4, 0.5) is 5.69 Å². The van der Waals surface area contributed by atoms with E-state index in [1.165, 1.54) is 24.2 Å². The van der Waals surface area contributed by atoms with E-state index >= 15 is 0 Å². The van der Waals surface area contributed by atoms with E-state index < -0.39 is 17.3 Å². The lowest BCUT2D eigenvalue weighted by molar-refractivity contribution is -0.152. The SMILES string of the molecule is COc1ccc(C2Sc3c(Cl)cccc3N(CCN(C)Cc3ccccc3)C(=O)C2OC(C)=O)cc1. The molecule has 0 bridgehead atoms. The number of carbonyl (C=O) groups is 2. The monoisotopic (exact) mass is 524 g/mol. The Morgan fingerprint density at radius 2 is 1.78 bits per heavy atom. The van der Waals surface area contributed by atoms with Gasteiger partial charge in [-0.15, -0.1) is 11.8 Å². The number of nitrogens with zero attached hydrogens (tertiary/aromatic N) is 2. The number of likely N-dealkylation sites (N-methyl/N-ethyl adjacent to an activating group) is 1. The molecule has 1 aliphatic rings. The van der Waals surface area contributed by atoms with E-state index in [0.29, 0.717) is 23.9 Å². The number of hydrogen-bond donors (Lipinski definition) is 0. The fourth-order valence-corrected chi connectivity index (χ4v) is 5.85. The highest BCUT2D eigenvalue weighted by Crippen LogP contribution is 2.49. The summed E-state index contributed by atoms with van der Waals surface area (Å²) in [6, 6.07) is 23.2. The van der Waals surface area contributed by atoms with Gasteiger partial charge in [-0.3, -0.25) is 9.59 Å². The van der Waals surface area contributed by atoms with Gasteiger partial charge in [-0.05, 0) is 42.4 Å². The van der Waals surface area contributed by atoms with Gasteiger partial charge in [-0.2, -0.15) is 0 Å². The van der Waals surface area contributed by atoms with Gasteiger partial charge in [0.25, 0.3) is 5.91 Å². The summed E-state index contributed by atoms with van der Waals surface area (Å²) in [5, 5.41) is 0.0768. The third-order valence-corrected chi connectivity index (χ3v) is 7.87. The molecule has 4 rings (SSSR count). The molecule has 8 heteroatoms. The smallest absolute Gasteiger partial charge is 0.303 e. The molecule has 0 saturated heterocycles. The largest absolute Gasteiger partial charge is 0.497 e. The summed E-state index contributed by atoms with van der Waals surface area (Å²) in [6.45, 7) is 3.12. The molecule has 0 spiro atoms. The topological polar surface area (TPSA) is 59.1 Å².